The van der Waals surface area contributed by atoms with Crippen LogP contribution >= 0.6 is 0 Å². The zero-order chi connectivity index (χ0) is 21.2. The molecule has 0 aliphatic carbocycles. The number of ether oxygens (including phenoxy) is 1. The number of fused-ring (bicyclic) bond motifs is 2. The second-order valence-corrected chi connectivity index (χ2v) is 7.52. The normalized spacial score (nSPS) is 13.0. The Labute approximate surface area is 179 Å². The van der Waals surface area contributed by atoms with E-state index in [1.807, 2.05) is 66.9 Å². The van der Waals surface area contributed by atoms with Crippen molar-refractivity contribution < 1.29 is 14.3 Å². The first-order valence-electron chi connectivity index (χ1n) is 10.1. The molecule has 2 N–H and O–H groups in total. The Balaban J connectivity index is 1.32. The average Bonchev–Trinajstić information content (AvgIpc) is 3.19. The molecule has 31 heavy (non-hydrogen) atoms. The van der Waals surface area contributed by atoms with E-state index >= 15 is 0 Å². The number of aromatic amines is 1. The van der Waals surface area contributed by atoms with Crippen molar-refractivity contribution in [2.75, 3.05) is 16.8 Å². The number of hydrogen-bond donors (Lipinski definition) is 2. The van der Waals surface area contributed by atoms with Crippen LogP contribution in [0.4, 0.5) is 11.4 Å². The van der Waals surface area contributed by atoms with Gasteiger partial charge in [-0.05, 0) is 29.3 Å². The van der Waals surface area contributed by atoms with Gasteiger partial charge in [0.15, 0.2) is 6.61 Å². The fraction of sp³-hybridized carbons (Fsp3) is 0.120. The molecule has 2 amide bonds. The third kappa shape index (κ3) is 3.88. The molecule has 0 saturated heterocycles. The minimum absolute atomic E-state index is 0.0213. The second kappa shape index (κ2) is 7.99. The molecular weight excluding hydrogens is 390 g/mol. The highest BCUT2D eigenvalue weighted by molar-refractivity contribution is 5.99. The first-order chi connectivity index (χ1) is 15.2. The predicted molar refractivity (Wildman–Crippen MR) is 120 cm³/mol. The van der Waals surface area contributed by atoms with Gasteiger partial charge < -0.3 is 19.9 Å². The predicted octanol–water partition coefficient (Wildman–Crippen LogP) is 4.27. The van der Waals surface area contributed by atoms with Gasteiger partial charge in [0, 0.05) is 28.9 Å². The molecule has 1 aromatic heterocycles. The van der Waals surface area contributed by atoms with Gasteiger partial charge in [-0.1, -0.05) is 48.5 Å². The number of amides is 2. The third-order valence-corrected chi connectivity index (χ3v) is 5.40. The molecule has 0 spiro atoms. The smallest absolute Gasteiger partial charge is 0.265 e. The number of hydrogen-bond acceptors (Lipinski definition) is 3. The molecule has 0 saturated carbocycles. The Morgan fingerprint density at radius 1 is 1.03 bits per heavy atom. The van der Waals surface area contributed by atoms with E-state index in [4.69, 9.17) is 4.74 Å². The molecule has 0 bridgehead atoms. The van der Waals surface area contributed by atoms with Crippen LogP contribution < -0.4 is 15.0 Å². The summed E-state index contributed by atoms with van der Waals surface area (Å²) in [7, 11) is 0. The van der Waals surface area contributed by atoms with Crippen molar-refractivity contribution in [2.45, 2.75) is 13.0 Å². The van der Waals surface area contributed by atoms with Crippen molar-refractivity contribution in [3.8, 4) is 5.75 Å². The van der Waals surface area contributed by atoms with Crippen molar-refractivity contribution in [2.24, 2.45) is 0 Å². The molecule has 0 atom stereocenters. The van der Waals surface area contributed by atoms with Crippen LogP contribution in [0.1, 0.15) is 11.1 Å². The molecular formula is C25H21N3O3. The highest BCUT2D eigenvalue weighted by Gasteiger charge is 2.26. The van der Waals surface area contributed by atoms with E-state index in [1.54, 1.807) is 17.0 Å². The molecule has 0 radical (unpaired) electrons. The fourth-order valence-electron chi connectivity index (χ4n) is 3.88. The van der Waals surface area contributed by atoms with E-state index in [2.05, 4.69) is 10.3 Å². The lowest BCUT2D eigenvalue weighted by Gasteiger charge is -2.29. The molecule has 5 rings (SSSR count). The standard InChI is InChI=1S/C25H21N3O3/c29-24(12-18-14-26-21-9-5-4-8-20(18)21)27-19-10-11-22-23(13-19)31-16-25(30)28(22)15-17-6-2-1-3-7-17/h1-11,13-14,26H,12,15-16H2,(H,27,29). The Hall–Kier alpha value is -4.06. The molecule has 1 aliphatic rings. The summed E-state index contributed by atoms with van der Waals surface area (Å²) in [5.41, 5.74) is 4.34. The van der Waals surface area contributed by atoms with Crippen molar-refractivity contribution in [3.63, 3.8) is 0 Å². The molecule has 6 nitrogen and oxygen atoms in total. The van der Waals surface area contributed by atoms with Crippen molar-refractivity contribution >= 4 is 34.1 Å². The van der Waals surface area contributed by atoms with Gasteiger partial charge in [0.2, 0.25) is 5.91 Å². The number of H-pyrrole nitrogens is 1. The molecule has 0 fully saturated rings. The molecule has 154 valence electrons. The molecule has 4 aromatic rings. The highest BCUT2D eigenvalue weighted by atomic mass is 16.5. The van der Waals surface area contributed by atoms with Crippen molar-refractivity contribution in [3.05, 3.63) is 90.1 Å². The quantitative estimate of drug-likeness (QED) is 0.515. The fourth-order valence-corrected chi connectivity index (χ4v) is 3.88. The largest absolute Gasteiger partial charge is 0.481 e. The van der Waals surface area contributed by atoms with Gasteiger partial charge >= 0.3 is 0 Å². The summed E-state index contributed by atoms with van der Waals surface area (Å²) in [6.45, 7) is 0.453. The lowest BCUT2D eigenvalue weighted by molar-refractivity contribution is -0.121. The number of anilines is 2. The summed E-state index contributed by atoms with van der Waals surface area (Å²) in [5.74, 6) is 0.380. The summed E-state index contributed by atoms with van der Waals surface area (Å²) >= 11 is 0. The van der Waals surface area contributed by atoms with Crippen LogP contribution in [0.2, 0.25) is 0 Å². The summed E-state index contributed by atoms with van der Waals surface area (Å²) in [4.78, 5) is 30.0. The summed E-state index contributed by atoms with van der Waals surface area (Å²) < 4.78 is 5.64. The SMILES string of the molecule is O=C(Cc1c[nH]c2ccccc12)Nc1ccc2c(c1)OCC(=O)N2Cc1ccccc1. The second-order valence-electron chi connectivity index (χ2n) is 7.52. The van der Waals surface area contributed by atoms with E-state index < -0.39 is 0 Å². The minimum Gasteiger partial charge on any atom is -0.481 e. The topological polar surface area (TPSA) is 74.4 Å². The number of nitrogens with zero attached hydrogens (tertiary/aromatic N) is 1. The van der Waals surface area contributed by atoms with E-state index in [0.29, 0.717) is 23.7 Å². The number of carbonyl (C=O) groups excluding carboxylic acids is 2. The van der Waals surface area contributed by atoms with Gasteiger partial charge in [-0.25, -0.2) is 0 Å². The van der Waals surface area contributed by atoms with E-state index in [9.17, 15) is 9.59 Å². The molecule has 3 aromatic carbocycles. The van der Waals surface area contributed by atoms with Crippen LogP contribution in [0.15, 0.2) is 79.0 Å². The average molecular weight is 411 g/mol. The van der Waals surface area contributed by atoms with Gasteiger partial charge in [0.1, 0.15) is 5.75 Å². The van der Waals surface area contributed by atoms with Gasteiger partial charge in [0.05, 0.1) is 18.7 Å². The number of carbonyl (C=O) groups is 2. The molecule has 0 unspecified atom stereocenters. The third-order valence-electron chi connectivity index (χ3n) is 5.40. The van der Waals surface area contributed by atoms with E-state index in [0.717, 1.165) is 22.0 Å². The first kappa shape index (κ1) is 18.9. The van der Waals surface area contributed by atoms with Crippen LogP contribution in [-0.4, -0.2) is 23.4 Å². The summed E-state index contributed by atoms with van der Waals surface area (Å²) in [6, 6.07) is 23.1. The number of aromatic nitrogens is 1. The van der Waals surface area contributed by atoms with Crippen molar-refractivity contribution in [1.29, 1.82) is 0 Å². The Morgan fingerprint density at radius 2 is 1.84 bits per heavy atom. The van der Waals surface area contributed by atoms with E-state index in [1.165, 1.54) is 0 Å². The van der Waals surface area contributed by atoms with E-state index in [-0.39, 0.29) is 24.8 Å². The Bertz CT molecular complexity index is 1260. The van der Waals surface area contributed by atoms with Gasteiger partial charge in [0.25, 0.3) is 5.91 Å². The highest BCUT2D eigenvalue weighted by Crippen LogP contribution is 2.35. The van der Waals surface area contributed by atoms with Crippen LogP contribution in [0.3, 0.4) is 0 Å². The first-order valence-corrected chi connectivity index (χ1v) is 10.1. The lowest BCUT2D eigenvalue weighted by atomic mass is 10.1. The molecule has 1 aliphatic heterocycles. The minimum atomic E-state index is -0.113. The molecule has 2 heterocycles. The number of para-hydroxylation sites is 1. The summed E-state index contributed by atoms with van der Waals surface area (Å²) in [6.07, 6.45) is 2.13. The lowest BCUT2D eigenvalue weighted by Crippen LogP contribution is -2.38. The van der Waals surface area contributed by atoms with Crippen LogP contribution in [0, 0.1) is 0 Å². The van der Waals surface area contributed by atoms with Crippen molar-refractivity contribution in [1.82, 2.24) is 4.98 Å². The molecule has 6 heteroatoms. The zero-order valence-electron chi connectivity index (χ0n) is 16.8. The maximum atomic E-state index is 12.6. The van der Waals surface area contributed by atoms with Gasteiger partial charge in [-0.15, -0.1) is 0 Å². The van der Waals surface area contributed by atoms with Gasteiger partial charge in [-0.2, -0.15) is 0 Å². The maximum absolute atomic E-state index is 12.6. The zero-order valence-corrected chi connectivity index (χ0v) is 16.8. The monoisotopic (exact) mass is 411 g/mol. The van der Waals surface area contributed by atoms with Crippen LogP contribution in [-0.2, 0) is 22.6 Å². The number of benzene rings is 3. The Morgan fingerprint density at radius 3 is 2.71 bits per heavy atom. The Kier molecular flexibility index (Phi) is 4.88. The number of rotatable bonds is 5. The maximum Gasteiger partial charge on any atom is 0.265 e. The van der Waals surface area contributed by atoms with Crippen LogP contribution in [0.25, 0.3) is 10.9 Å². The van der Waals surface area contributed by atoms with Gasteiger partial charge in [-0.3, -0.25) is 9.59 Å². The summed E-state index contributed by atoms with van der Waals surface area (Å²) in [5, 5.41) is 3.98. The van der Waals surface area contributed by atoms with Crippen LogP contribution in [0.5, 0.6) is 5.75 Å². The number of nitrogens with one attached hydrogen (secondary N) is 2.